The molecule has 0 heterocycles. The van der Waals surface area contributed by atoms with Crippen molar-refractivity contribution < 1.29 is 10.9 Å². The van der Waals surface area contributed by atoms with Crippen molar-refractivity contribution >= 4 is 97.6 Å². The Bertz CT molecular complexity index is 2960. The third kappa shape index (κ3) is 10.5. The fourth-order valence-corrected chi connectivity index (χ4v) is 24.3. The summed E-state index contributed by atoms with van der Waals surface area (Å²) in [6.45, 7) is 33.9. The molecular formula is C70H76Br2NiSi2. The van der Waals surface area contributed by atoms with Gasteiger partial charge in [-0.05, 0) is 59.9 Å². The van der Waals surface area contributed by atoms with E-state index in [0.717, 1.165) is 11.1 Å². The molecule has 0 saturated heterocycles. The van der Waals surface area contributed by atoms with E-state index in [1.54, 1.807) is 0 Å². The number of allylic oxidation sites excluding steroid dienone is 2. The second-order valence-corrected chi connectivity index (χ2v) is 38.3. The van der Waals surface area contributed by atoms with Crippen LogP contribution in [0.15, 0.2) is 182 Å². The Morgan fingerprint density at radius 2 is 0.613 bits per heavy atom. The molecule has 0 aromatic heterocycles. The first-order chi connectivity index (χ1) is 35.7. The second-order valence-electron chi connectivity index (χ2n) is 23.9. The molecule has 0 spiro atoms. The Balaban J connectivity index is 0.00000243. The fraction of sp³-hybridized carbons (Fsp3) is 0.286. The fourth-order valence-electron chi connectivity index (χ4n) is 12.8. The zero-order valence-electron chi connectivity index (χ0n) is 46.7. The van der Waals surface area contributed by atoms with E-state index in [4.69, 9.17) is 0 Å². The monoisotopic (exact) mass is 1190 g/mol. The normalized spacial score (nSPS) is 14.2. The molecule has 0 amide bonds. The van der Waals surface area contributed by atoms with E-state index in [9.17, 15) is 0 Å². The van der Waals surface area contributed by atoms with Crippen molar-refractivity contribution in [2.75, 3.05) is 0 Å². The summed E-state index contributed by atoms with van der Waals surface area (Å²) < 4.78 is 0. The Labute approximate surface area is 474 Å². The maximum absolute atomic E-state index is 4.35. The Morgan fingerprint density at radius 3 is 0.840 bits per heavy atom. The molecule has 1 aliphatic carbocycles. The summed E-state index contributed by atoms with van der Waals surface area (Å²) in [6, 6.07) is 70.0. The van der Waals surface area contributed by atoms with Gasteiger partial charge in [-0.2, -0.15) is 23.3 Å². The van der Waals surface area contributed by atoms with E-state index in [0.29, 0.717) is 0 Å². The van der Waals surface area contributed by atoms with Gasteiger partial charge >= 0.3 is 39.3 Å². The molecule has 0 aliphatic heterocycles. The number of halogens is 2. The van der Waals surface area contributed by atoms with Crippen LogP contribution in [-0.4, -0.2) is 16.1 Å². The van der Waals surface area contributed by atoms with E-state index >= 15 is 0 Å². The molecule has 0 N–H and O–H groups in total. The number of hydrogen-bond acceptors (Lipinski definition) is 0. The van der Waals surface area contributed by atoms with Crippen LogP contribution in [0.25, 0.3) is 21.9 Å². The van der Waals surface area contributed by atoms with Gasteiger partial charge in [0.2, 0.25) is 0 Å². The number of benzene rings is 8. The maximum atomic E-state index is 4.35. The summed E-state index contributed by atoms with van der Waals surface area (Å²) in [5.41, 5.74) is 12.7. The van der Waals surface area contributed by atoms with Gasteiger partial charge in [0.1, 0.15) is 0 Å². The summed E-state index contributed by atoms with van der Waals surface area (Å²) in [6.07, 6.45) is 8.70. The van der Waals surface area contributed by atoms with E-state index < -0.39 is 16.1 Å². The number of hydrogen-bond donors (Lipinski definition) is 0. The van der Waals surface area contributed by atoms with Crippen LogP contribution >= 0.6 is 28.5 Å². The van der Waals surface area contributed by atoms with Gasteiger partial charge in [-0.15, -0.1) is 44.5 Å². The van der Waals surface area contributed by atoms with Gasteiger partial charge in [-0.3, -0.25) is 0 Å². The van der Waals surface area contributed by atoms with E-state index in [1.165, 1.54) is 97.3 Å². The third-order valence-electron chi connectivity index (χ3n) is 16.0. The zero-order valence-corrected chi connectivity index (χ0v) is 52.9. The minimum absolute atomic E-state index is 0.0372. The van der Waals surface area contributed by atoms with Gasteiger partial charge in [-0.25, -0.2) is 0 Å². The molecule has 0 saturated carbocycles. The Morgan fingerprint density at radius 1 is 0.360 bits per heavy atom. The summed E-state index contributed by atoms with van der Waals surface area (Å²) in [7, 11) is -4.07. The van der Waals surface area contributed by atoms with Crippen LogP contribution in [0.2, 0.25) is 10.1 Å². The SMILES string of the molecule is CC(C)c1cc([Si](c2ccccc2)(c2ccccc2)C(C)(C)C)cc(C(C)C)c1[C-]=C1C(=[C-]c2c(C(C)C)cc([Si](c3ccccc3)(c3ccccc3)C(C)(C)C)cc2C(C)C)c2cccc3cccc1c23.[Br][Ni+2][Br]. The van der Waals surface area contributed by atoms with E-state index in [2.05, 4.69) is 320 Å². The molecule has 9 rings (SSSR count). The Kier molecular flexibility index (Phi) is 17.5. The second kappa shape index (κ2) is 23.2. The van der Waals surface area contributed by atoms with Gasteiger partial charge in [0, 0.05) is 0 Å². The molecule has 75 heavy (non-hydrogen) atoms. The van der Waals surface area contributed by atoms with Crippen LogP contribution < -0.4 is 31.1 Å². The van der Waals surface area contributed by atoms with Crippen molar-refractivity contribution in [1.82, 2.24) is 0 Å². The van der Waals surface area contributed by atoms with Crippen LogP contribution in [0.5, 0.6) is 0 Å². The van der Waals surface area contributed by atoms with Crippen LogP contribution in [-0.2, 0) is 10.9 Å². The van der Waals surface area contributed by atoms with E-state index in [1.807, 2.05) is 0 Å². The molecule has 8 aromatic carbocycles. The van der Waals surface area contributed by atoms with Crippen molar-refractivity contribution in [3.05, 3.63) is 239 Å². The molecule has 0 unspecified atom stereocenters. The number of rotatable bonds is 12. The molecule has 5 heteroatoms. The van der Waals surface area contributed by atoms with Crippen LogP contribution in [0.1, 0.15) is 165 Å². The van der Waals surface area contributed by atoms with Crippen LogP contribution in [0.3, 0.4) is 0 Å². The van der Waals surface area contributed by atoms with Crippen molar-refractivity contribution in [3.63, 3.8) is 0 Å². The topological polar surface area (TPSA) is 0 Å². The molecule has 1 aliphatic rings. The summed E-state index contributed by atoms with van der Waals surface area (Å²) >= 11 is 6.00. The molecule has 0 fully saturated rings. The average molecular weight is 1190 g/mol. The van der Waals surface area contributed by atoms with Crippen LogP contribution in [0.4, 0.5) is 0 Å². The predicted octanol–water partition coefficient (Wildman–Crippen LogP) is 17.0. The molecule has 0 bridgehead atoms. The molecule has 0 atom stereocenters. The van der Waals surface area contributed by atoms with E-state index in [-0.39, 0.29) is 33.7 Å². The summed E-state index contributed by atoms with van der Waals surface area (Å²) in [4.78, 5) is 0. The van der Waals surface area contributed by atoms with Gasteiger partial charge < -0.3 is 0 Å². The first kappa shape index (κ1) is 56.6. The first-order valence-electron chi connectivity index (χ1n) is 27.0. The standard InChI is InChI=1S/C70H76Si2.2BrH.Ni/c1-47(2)60-41-56(71(69(9,10)11,52-31-19-15-20-32-52)53-33-21-16-22-34-53)42-61(48(3)4)66(60)45-64-58-39-27-29-51-30-28-40-59(68(51)58)65(64)46-67-62(49(5)6)43-57(44-63(67)50(7)8)72(70(12,13)14,54-35-23-17-24-36-54)55-37-25-18-26-38-55;;;/h15-44,47-50H,1-14H3;2*1H;/q-2;;;+4/p-2. The average Bonchev–Trinajstić information content (AvgIpc) is 3.69. The molecular weight excluding hydrogens is 1120 g/mol. The first-order valence-corrected chi connectivity index (χ1v) is 35.8. The molecule has 0 nitrogen and oxygen atoms in total. The molecule has 0 radical (unpaired) electrons. The molecule has 388 valence electrons. The van der Waals surface area contributed by atoms with Gasteiger partial charge in [0.25, 0.3) is 0 Å². The zero-order chi connectivity index (χ0) is 54.0. The minimum atomic E-state index is -2.66. The van der Waals surface area contributed by atoms with Crippen molar-refractivity contribution in [3.8, 4) is 0 Å². The van der Waals surface area contributed by atoms with Gasteiger partial charge in [-0.1, -0.05) is 295 Å². The summed E-state index contributed by atoms with van der Waals surface area (Å²) in [5, 5.41) is 11.2. The quantitative estimate of drug-likeness (QED) is 0.0650. The third-order valence-corrected chi connectivity index (χ3v) is 27.6. The van der Waals surface area contributed by atoms with Crippen LogP contribution in [0, 0.1) is 12.2 Å². The van der Waals surface area contributed by atoms with Crippen molar-refractivity contribution in [2.45, 2.75) is 131 Å². The van der Waals surface area contributed by atoms with Gasteiger partial charge in [0.15, 0.2) is 16.1 Å². The molecule has 8 aromatic rings. The van der Waals surface area contributed by atoms with Crippen molar-refractivity contribution in [1.29, 1.82) is 0 Å². The predicted molar refractivity (Wildman–Crippen MR) is 337 cm³/mol. The van der Waals surface area contributed by atoms with Crippen molar-refractivity contribution in [2.24, 2.45) is 0 Å². The van der Waals surface area contributed by atoms with Gasteiger partial charge in [0.05, 0.1) is 0 Å². The summed E-state index contributed by atoms with van der Waals surface area (Å²) in [5.74, 6) is 1.03. The Hall–Kier alpha value is -4.61.